The highest BCUT2D eigenvalue weighted by Crippen LogP contribution is 2.18. The first-order chi connectivity index (χ1) is 10.2. The van der Waals surface area contributed by atoms with Crippen LogP contribution in [0.5, 0.6) is 0 Å². The van der Waals surface area contributed by atoms with Gasteiger partial charge in [-0.1, -0.05) is 0 Å². The molecule has 116 valence electrons. The zero-order valence-electron chi connectivity index (χ0n) is 11.8. The van der Waals surface area contributed by atoms with E-state index in [4.69, 9.17) is 5.26 Å². The Bertz CT molecular complexity index is 797. The highest BCUT2D eigenvalue weighted by atomic mass is 19.4. The summed E-state index contributed by atoms with van der Waals surface area (Å²) in [6.45, 7) is 1.77. The van der Waals surface area contributed by atoms with Gasteiger partial charge in [-0.25, -0.2) is 9.67 Å². The van der Waals surface area contributed by atoms with Gasteiger partial charge in [0.05, 0.1) is 5.69 Å². The molecule has 6 nitrogen and oxygen atoms in total. The zero-order chi connectivity index (χ0) is 16.5. The van der Waals surface area contributed by atoms with Crippen LogP contribution in [0.2, 0.25) is 0 Å². The fraction of sp³-hybridized carbons (Fsp3) is 0.385. The van der Waals surface area contributed by atoms with E-state index in [9.17, 15) is 18.0 Å². The van der Waals surface area contributed by atoms with Crippen molar-refractivity contribution in [3.05, 3.63) is 45.4 Å². The maximum Gasteiger partial charge on any atom is 0.406 e. The molecule has 0 atom stereocenters. The third-order valence-electron chi connectivity index (χ3n) is 3.19. The fourth-order valence-corrected chi connectivity index (χ4v) is 1.97. The summed E-state index contributed by atoms with van der Waals surface area (Å²) in [5.74, 6) is 0.0408. The van der Waals surface area contributed by atoms with E-state index in [0.29, 0.717) is 11.3 Å². The van der Waals surface area contributed by atoms with E-state index in [-0.39, 0.29) is 17.9 Å². The number of aryl methyl sites for hydroxylation is 1. The Hall–Kier alpha value is -2.63. The molecular weight excluding hydrogens is 299 g/mol. The summed E-state index contributed by atoms with van der Waals surface area (Å²) in [6, 6.07) is 1.80. The van der Waals surface area contributed by atoms with Crippen molar-refractivity contribution < 1.29 is 13.2 Å². The summed E-state index contributed by atoms with van der Waals surface area (Å²) in [4.78, 5) is 15.9. The molecule has 2 aromatic heterocycles. The maximum atomic E-state index is 12.5. The molecule has 0 aromatic carbocycles. The molecule has 0 saturated heterocycles. The Labute approximate surface area is 123 Å². The third-order valence-corrected chi connectivity index (χ3v) is 3.19. The molecule has 0 radical (unpaired) electrons. The standard InChI is InChI=1S/C13H12F3N5O/c1-8-9(2)19-21(12(22)10(8)5-17)6-11-18-3-4-20(11)7-13(14,15)16/h3-4H,6-7H2,1-2H3. The largest absolute Gasteiger partial charge is 0.406 e. The van der Waals surface area contributed by atoms with Gasteiger partial charge in [0.1, 0.15) is 30.5 Å². The number of nitriles is 1. The second-order valence-corrected chi connectivity index (χ2v) is 4.75. The molecule has 0 aliphatic rings. The molecular formula is C13H12F3N5O. The molecule has 2 heterocycles. The molecule has 0 aliphatic heterocycles. The molecule has 0 N–H and O–H groups in total. The first-order valence-electron chi connectivity index (χ1n) is 6.28. The van der Waals surface area contributed by atoms with Crippen molar-refractivity contribution >= 4 is 0 Å². The van der Waals surface area contributed by atoms with Crippen LogP contribution in [0, 0.1) is 25.2 Å². The van der Waals surface area contributed by atoms with Gasteiger partial charge in [0, 0.05) is 12.4 Å². The van der Waals surface area contributed by atoms with Crippen molar-refractivity contribution in [3.8, 4) is 6.07 Å². The van der Waals surface area contributed by atoms with Gasteiger partial charge >= 0.3 is 6.18 Å². The fourth-order valence-electron chi connectivity index (χ4n) is 1.97. The normalized spacial score (nSPS) is 11.5. The van der Waals surface area contributed by atoms with Crippen LogP contribution in [0.1, 0.15) is 22.6 Å². The quantitative estimate of drug-likeness (QED) is 0.861. The summed E-state index contributed by atoms with van der Waals surface area (Å²) >= 11 is 0. The molecule has 0 spiro atoms. The highest BCUT2D eigenvalue weighted by molar-refractivity contribution is 5.36. The lowest BCUT2D eigenvalue weighted by atomic mass is 10.1. The Balaban J connectivity index is 2.42. The lowest BCUT2D eigenvalue weighted by molar-refractivity contribution is -0.141. The minimum atomic E-state index is -4.39. The van der Waals surface area contributed by atoms with Gasteiger partial charge in [-0.05, 0) is 19.4 Å². The Morgan fingerprint density at radius 1 is 1.36 bits per heavy atom. The molecule has 0 unspecified atom stereocenters. The summed E-state index contributed by atoms with van der Waals surface area (Å²) in [6.07, 6.45) is -1.99. The van der Waals surface area contributed by atoms with Crippen molar-refractivity contribution in [1.29, 1.82) is 5.26 Å². The number of hydrogen-bond acceptors (Lipinski definition) is 4. The molecule has 0 amide bonds. The minimum Gasteiger partial charge on any atom is -0.324 e. The van der Waals surface area contributed by atoms with Crippen LogP contribution in [0.25, 0.3) is 0 Å². The number of alkyl halides is 3. The van der Waals surface area contributed by atoms with E-state index in [2.05, 4.69) is 10.1 Å². The lowest BCUT2D eigenvalue weighted by Crippen LogP contribution is -2.29. The van der Waals surface area contributed by atoms with Crippen molar-refractivity contribution in [2.45, 2.75) is 33.1 Å². The van der Waals surface area contributed by atoms with Gasteiger partial charge in [0.15, 0.2) is 0 Å². The molecule has 2 rings (SSSR count). The summed E-state index contributed by atoms with van der Waals surface area (Å²) < 4.78 is 39.3. The topological polar surface area (TPSA) is 76.5 Å². The molecule has 0 aliphatic carbocycles. The van der Waals surface area contributed by atoms with E-state index in [0.717, 1.165) is 9.25 Å². The van der Waals surface area contributed by atoms with Crippen molar-refractivity contribution in [1.82, 2.24) is 19.3 Å². The van der Waals surface area contributed by atoms with Crippen molar-refractivity contribution in [3.63, 3.8) is 0 Å². The van der Waals surface area contributed by atoms with Gasteiger partial charge in [-0.2, -0.15) is 23.5 Å². The summed E-state index contributed by atoms with van der Waals surface area (Å²) in [7, 11) is 0. The van der Waals surface area contributed by atoms with Crippen LogP contribution >= 0.6 is 0 Å². The average Bonchev–Trinajstić information content (AvgIpc) is 2.82. The van der Waals surface area contributed by atoms with Crippen LogP contribution in [0.3, 0.4) is 0 Å². The number of hydrogen-bond donors (Lipinski definition) is 0. The second-order valence-electron chi connectivity index (χ2n) is 4.75. The van der Waals surface area contributed by atoms with Crippen LogP contribution in [-0.4, -0.2) is 25.5 Å². The Morgan fingerprint density at radius 2 is 2.05 bits per heavy atom. The van der Waals surface area contributed by atoms with Crippen LogP contribution in [0.15, 0.2) is 17.2 Å². The van der Waals surface area contributed by atoms with Gasteiger partial charge in [0.2, 0.25) is 0 Å². The molecule has 0 bridgehead atoms. The second kappa shape index (κ2) is 5.63. The van der Waals surface area contributed by atoms with E-state index in [1.807, 2.05) is 0 Å². The predicted molar refractivity (Wildman–Crippen MR) is 70.1 cm³/mol. The van der Waals surface area contributed by atoms with E-state index in [1.54, 1.807) is 19.9 Å². The van der Waals surface area contributed by atoms with Gasteiger partial charge < -0.3 is 4.57 Å². The Morgan fingerprint density at radius 3 is 2.64 bits per heavy atom. The number of nitrogens with zero attached hydrogens (tertiary/aromatic N) is 5. The number of rotatable bonds is 3. The SMILES string of the molecule is Cc1nn(Cc2nccn2CC(F)(F)F)c(=O)c(C#N)c1C. The maximum absolute atomic E-state index is 12.5. The minimum absolute atomic E-state index is 0.0408. The summed E-state index contributed by atoms with van der Waals surface area (Å²) in [5.41, 5.74) is 0.209. The van der Waals surface area contributed by atoms with E-state index in [1.165, 1.54) is 12.4 Å². The van der Waals surface area contributed by atoms with Crippen molar-refractivity contribution in [2.75, 3.05) is 0 Å². The van der Waals surface area contributed by atoms with Gasteiger partial charge in [-0.15, -0.1) is 0 Å². The molecule has 0 saturated carbocycles. The smallest absolute Gasteiger partial charge is 0.324 e. The first kappa shape index (κ1) is 15.8. The number of halogens is 3. The number of imidazole rings is 1. The monoisotopic (exact) mass is 311 g/mol. The average molecular weight is 311 g/mol. The number of aromatic nitrogens is 4. The van der Waals surface area contributed by atoms with Gasteiger partial charge in [0.25, 0.3) is 5.56 Å². The van der Waals surface area contributed by atoms with E-state index < -0.39 is 18.3 Å². The third kappa shape index (κ3) is 3.16. The highest BCUT2D eigenvalue weighted by Gasteiger charge is 2.29. The zero-order valence-corrected chi connectivity index (χ0v) is 11.8. The summed E-state index contributed by atoms with van der Waals surface area (Å²) in [5, 5.41) is 13.0. The van der Waals surface area contributed by atoms with Crippen LogP contribution < -0.4 is 5.56 Å². The van der Waals surface area contributed by atoms with Crippen LogP contribution in [-0.2, 0) is 13.1 Å². The molecule has 9 heteroatoms. The molecule has 0 fully saturated rings. The molecule has 22 heavy (non-hydrogen) atoms. The predicted octanol–water partition coefficient (Wildman–Crippen LogP) is 1.54. The lowest BCUT2D eigenvalue weighted by Gasteiger charge is -2.12. The first-order valence-corrected chi connectivity index (χ1v) is 6.28. The van der Waals surface area contributed by atoms with Gasteiger partial charge in [-0.3, -0.25) is 4.79 Å². The van der Waals surface area contributed by atoms with Crippen molar-refractivity contribution in [2.24, 2.45) is 0 Å². The Kier molecular flexibility index (Phi) is 4.03. The van der Waals surface area contributed by atoms with Crippen LogP contribution in [0.4, 0.5) is 13.2 Å². The molecule has 2 aromatic rings. The van der Waals surface area contributed by atoms with E-state index >= 15 is 0 Å².